The number of anilines is 1. The number of carbonyl (C=O) groups excluding carboxylic acids is 3. The molecular weight excluding hydrogens is 460 g/mol. The Morgan fingerprint density at radius 2 is 1.97 bits per heavy atom. The summed E-state index contributed by atoms with van der Waals surface area (Å²) < 4.78 is 0.0506. The Bertz CT molecular complexity index is 1100. The highest BCUT2D eigenvalue weighted by Gasteiger charge is 2.35. The Morgan fingerprint density at radius 1 is 1.30 bits per heavy atom. The van der Waals surface area contributed by atoms with Crippen molar-refractivity contribution in [2.45, 2.75) is 6.92 Å². The zero-order chi connectivity index (χ0) is 22.0. The molecule has 0 radical (unpaired) electrons. The molecule has 0 aromatic heterocycles. The summed E-state index contributed by atoms with van der Waals surface area (Å²) in [7, 11) is 0. The van der Waals surface area contributed by atoms with E-state index in [9.17, 15) is 29.6 Å². The Kier molecular flexibility index (Phi) is 5.83. The number of aryl methyl sites for hydroxylation is 1. The molecule has 2 aromatic rings. The van der Waals surface area contributed by atoms with Gasteiger partial charge in [0.05, 0.1) is 9.40 Å². The summed E-state index contributed by atoms with van der Waals surface area (Å²) in [5, 5.41) is 25.7. The molecular formula is C19H15BrN4O6. The van der Waals surface area contributed by atoms with Crippen molar-refractivity contribution in [2.75, 3.05) is 11.9 Å². The number of halogens is 1. The molecule has 1 heterocycles. The van der Waals surface area contributed by atoms with Crippen LogP contribution in [0.25, 0.3) is 6.08 Å². The van der Waals surface area contributed by atoms with E-state index in [0.29, 0.717) is 5.69 Å². The number of rotatable bonds is 5. The lowest BCUT2D eigenvalue weighted by Crippen LogP contribution is -2.38. The predicted molar refractivity (Wildman–Crippen MR) is 110 cm³/mol. The number of imide groups is 1. The number of carbonyl (C=O) groups is 3. The molecule has 3 N–H and O–H groups in total. The highest BCUT2D eigenvalue weighted by atomic mass is 79.9. The molecule has 0 spiro atoms. The average molecular weight is 475 g/mol. The molecule has 0 aliphatic carbocycles. The summed E-state index contributed by atoms with van der Waals surface area (Å²) in [4.78, 5) is 47.8. The maximum Gasteiger partial charge on any atom is 0.329 e. The van der Waals surface area contributed by atoms with Gasteiger partial charge in [-0.1, -0.05) is 17.7 Å². The molecule has 0 saturated carbocycles. The third-order valence-electron chi connectivity index (χ3n) is 4.17. The molecule has 1 saturated heterocycles. The molecule has 4 amide bonds. The van der Waals surface area contributed by atoms with Crippen molar-refractivity contribution in [3.63, 3.8) is 0 Å². The highest BCUT2D eigenvalue weighted by molar-refractivity contribution is 9.10. The van der Waals surface area contributed by atoms with Gasteiger partial charge in [0.15, 0.2) is 0 Å². The summed E-state index contributed by atoms with van der Waals surface area (Å²) >= 11 is 3.00. The normalized spacial score (nSPS) is 14.7. The topological polar surface area (TPSA) is 142 Å². The molecule has 3 rings (SSSR count). The molecule has 2 aromatic carbocycles. The van der Waals surface area contributed by atoms with Gasteiger partial charge < -0.3 is 15.7 Å². The number of phenols is 1. The first kappa shape index (κ1) is 21.0. The summed E-state index contributed by atoms with van der Waals surface area (Å²) in [6.07, 6.45) is 1.22. The second-order valence-corrected chi connectivity index (χ2v) is 7.28. The van der Waals surface area contributed by atoms with Crippen LogP contribution >= 0.6 is 15.9 Å². The van der Waals surface area contributed by atoms with E-state index in [0.717, 1.165) is 16.5 Å². The molecule has 0 bridgehead atoms. The van der Waals surface area contributed by atoms with Crippen LogP contribution in [0.4, 0.5) is 16.2 Å². The zero-order valence-electron chi connectivity index (χ0n) is 15.5. The Balaban J connectivity index is 1.76. The van der Waals surface area contributed by atoms with Gasteiger partial charge in [-0.2, -0.15) is 0 Å². The largest absolute Gasteiger partial charge is 0.501 e. The van der Waals surface area contributed by atoms with E-state index in [1.165, 1.54) is 12.1 Å². The number of hydrogen-bond acceptors (Lipinski definition) is 6. The smallest absolute Gasteiger partial charge is 0.329 e. The van der Waals surface area contributed by atoms with Crippen molar-refractivity contribution in [3.8, 4) is 5.75 Å². The van der Waals surface area contributed by atoms with E-state index in [4.69, 9.17) is 0 Å². The number of hydrogen-bond donors (Lipinski definition) is 3. The monoisotopic (exact) mass is 474 g/mol. The molecule has 11 heteroatoms. The summed E-state index contributed by atoms with van der Waals surface area (Å²) in [5.74, 6) is -1.88. The quantitative estimate of drug-likeness (QED) is 0.263. The van der Waals surface area contributed by atoms with E-state index in [-0.39, 0.29) is 15.7 Å². The van der Waals surface area contributed by atoms with Gasteiger partial charge in [-0.05, 0) is 52.7 Å². The highest BCUT2D eigenvalue weighted by Crippen LogP contribution is 2.35. The third-order valence-corrected chi connectivity index (χ3v) is 4.78. The maximum absolute atomic E-state index is 12.5. The van der Waals surface area contributed by atoms with Crippen LogP contribution in [0.2, 0.25) is 0 Å². The Morgan fingerprint density at radius 3 is 2.60 bits per heavy atom. The van der Waals surface area contributed by atoms with Crippen molar-refractivity contribution in [1.82, 2.24) is 10.2 Å². The van der Waals surface area contributed by atoms with Crippen LogP contribution in [0.3, 0.4) is 0 Å². The fourth-order valence-corrected chi connectivity index (χ4v) is 3.16. The molecule has 10 nitrogen and oxygen atoms in total. The molecule has 30 heavy (non-hydrogen) atoms. The fraction of sp³-hybridized carbons (Fsp3) is 0.105. The van der Waals surface area contributed by atoms with E-state index < -0.39 is 40.8 Å². The molecule has 0 unspecified atom stereocenters. The van der Waals surface area contributed by atoms with Gasteiger partial charge in [0.25, 0.3) is 5.91 Å². The Hall–Kier alpha value is -3.73. The standard InChI is InChI=1S/C19H15BrN4O6/c1-10-2-4-12(5-3-10)21-16(25)9-23-18(27)14(22-19(23)28)7-11-6-13(20)17(26)15(8-11)24(29)30/h2-8,26H,9H2,1H3,(H,21,25)(H,22,28)/b14-7+. The number of urea groups is 1. The van der Waals surface area contributed by atoms with Crippen LogP contribution in [0.15, 0.2) is 46.6 Å². The minimum atomic E-state index is -0.794. The van der Waals surface area contributed by atoms with Crippen molar-refractivity contribution in [3.05, 3.63) is 67.8 Å². The van der Waals surface area contributed by atoms with Crippen LogP contribution in [0.1, 0.15) is 11.1 Å². The lowest BCUT2D eigenvalue weighted by Gasteiger charge is -2.12. The molecule has 0 atom stereocenters. The van der Waals surface area contributed by atoms with Gasteiger partial charge >= 0.3 is 11.7 Å². The number of aromatic hydroxyl groups is 1. The number of amides is 4. The van der Waals surface area contributed by atoms with E-state index >= 15 is 0 Å². The van der Waals surface area contributed by atoms with Crippen molar-refractivity contribution >= 4 is 51.2 Å². The van der Waals surface area contributed by atoms with Gasteiger partial charge in [0.1, 0.15) is 12.2 Å². The number of nitro groups is 1. The number of nitrogens with zero attached hydrogens (tertiary/aromatic N) is 2. The van der Waals surface area contributed by atoms with Gasteiger partial charge in [-0.25, -0.2) is 9.69 Å². The zero-order valence-corrected chi connectivity index (χ0v) is 17.1. The second kappa shape index (κ2) is 8.33. The number of nitrogens with one attached hydrogen (secondary N) is 2. The minimum absolute atomic E-state index is 0.0506. The number of phenolic OH excluding ortho intramolecular Hbond substituents is 1. The van der Waals surface area contributed by atoms with Crippen molar-refractivity contribution in [2.24, 2.45) is 0 Å². The van der Waals surface area contributed by atoms with Crippen molar-refractivity contribution < 1.29 is 24.4 Å². The summed E-state index contributed by atoms with van der Waals surface area (Å²) in [5.41, 5.74) is 1.01. The summed E-state index contributed by atoms with van der Waals surface area (Å²) in [6.45, 7) is 1.39. The fourth-order valence-electron chi connectivity index (χ4n) is 2.69. The lowest BCUT2D eigenvalue weighted by atomic mass is 10.1. The van der Waals surface area contributed by atoms with Crippen LogP contribution in [-0.4, -0.2) is 39.3 Å². The van der Waals surface area contributed by atoms with Crippen LogP contribution in [-0.2, 0) is 9.59 Å². The Labute approximate surface area is 178 Å². The molecule has 1 aliphatic heterocycles. The minimum Gasteiger partial charge on any atom is -0.501 e. The first-order valence-electron chi connectivity index (χ1n) is 8.53. The second-order valence-electron chi connectivity index (χ2n) is 6.42. The maximum atomic E-state index is 12.5. The van der Waals surface area contributed by atoms with Gasteiger partial charge in [-0.15, -0.1) is 0 Å². The third kappa shape index (κ3) is 4.46. The first-order chi connectivity index (χ1) is 14.2. The van der Waals surface area contributed by atoms with Crippen LogP contribution in [0.5, 0.6) is 5.75 Å². The molecule has 154 valence electrons. The molecule has 1 aliphatic rings. The number of benzene rings is 2. The van der Waals surface area contributed by atoms with Crippen LogP contribution in [0, 0.1) is 17.0 Å². The summed E-state index contributed by atoms with van der Waals surface area (Å²) in [6, 6.07) is 8.61. The number of nitro benzene ring substituents is 1. The SMILES string of the molecule is Cc1ccc(NC(=O)CN2C(=O)N/C(=C/c3cc(Br)c(O)c([N+](=O)[O-])c3)C2=O)cc1. The first-order valence-corrected chi connectivity index (χ1v) is 9.33. The predicted octanol–water partition coefficient (Wildman–Crippen LogP) is 2.90. The van der Waals surface area contributed by atoms with E-state index in [1.807, 2.05) is 6.92 Å². The average Bonchev–Trinajstić information content (AvgIpc) is 2.93. The van der Waals surface area contributed by atoms with Gasteiger partial charge in [-0.3, -0.25) is 19.7 Å². The van der Waals surface area contributed by atoms with Crippen LogP contribution < -0.4 is 10.6 Å². The van der Waals surface area contributed by atoms with Gasteiger partial charge in [0, 0.05) is 11.8 Å². The van der Waals surface area contributed by atoms with Gasteiger partial charge in [0.2, 0.25) is 11.7 Å². The van der Waals surface area contributed by atoms with E-state index in [1.54, 1.807) is 24.3 Å². The van der Waals surface area contributed by atoms with E-state index in [2.05, 4.69) is 26.6 Å². The van der Waals surface area contributed by atoms with Crippen molar-refractivity contribution in [1.29, 1.82) is 0 Å². The molecule has 1 fully saturated rings. The lowest BCUT2D eigenvalue weighted by molar-refractivity contribution is -0.386.